The van der Waals surface area contributed by atoms with Crippen LogP contribution in [0.3, 0.4) is 0 Å². The first-order chi connectivity index (χ1) is 7.27. The van der Waals surface area contributed by atoms with Crippen molar-refractivity contribution in [1.29, 1.82) is 0 Å². The Labute approximate surface area is 89.1 Å². The third kappa shape index (κ3) is 2.26. The summed E-state index contributed by atoms with van der Waals surface area (Å²) < 4.78 is 0. The van der Waals surface area contributed by atoms with Gasteiger partial charge in [0.05, 0.1) is 0 Å². The SMILES string of the molecule is Nc1ccnc(C(=O)N2CCCCC2)c1. The summed E-state index contributed by atoms with van der Waals surface area (Å²) in [4.78, 5) is 17.9. The van der Waals surface area contributed by atoms with E-state index in [1.165, 1.54) is 6.42 Å². The van der Waals surface area contributed by atoms with Gasteiger partial charge in [0, 0.05) is 25.0 Å². The molecule has 0 aromatic carbocycles. The first-order valence-electron chi connectivity index (χ1n) is 5.28. The van der Waals surface area contributed by atoms with Crippen molar-refractivity contribution in [3.8, 4) is 0 Å². The third-order valence-corrected chi connectivity index (χ3v) is 2.65. The number of nitrogen functional groups attached to an aromatic ring is 1. The molecule has 1 aromatic heterocycles. The van der Waals surface area contributed by atoms with E-state index in [1.54, 1.807) is 18.3 Å². The van der Waals surface area contributed by atoms with Gasteiger partial charge in [-0.1, -0.05) is 0 Å². The number of piperidine rings is 1. The van der Waals surface area contributed by atoms with Gasteiger partial charge in [-0.3, -0.25) is 9.78 Å². The summed E-state index contributed by atoms with van der Waals surface area (Å²) >= 11 is 0. The number of amides is 1. The van der Waals surface area contributed by atoms with Crippen LogP contribution in [0.2, 0.25) is 0 Å². The second kappa shape index (κ2) is 4.29. The highest BCUT2D eigenvalue weighted by molar-refractivity contribution is 5.93. The average molecular weight is 205 g/mol. The molecule has 15 heavy (non-hydrogen) atoms. The number of aromatic nitrogens is 1. The number of carbonyl (C=O) groups excluding carboxylic acids is 1. The second-order valence-electron chi connectivity index (χ2n) is 3.83. The Balaban J connectivity index is 2.12. The molecule has 1 saturated heterocycles. The van der Waals surface area contributed by atoms with Crippen molar-refractivity contribution in [3.63, 3.8) is 0 Å². The van der Waals surface area contributed by atoms with E-state index in [4.69, 9.17) is 5.73 Å². The molecule has 0 unspecified atom stereocenters. The molecule has 0 bridgehead atoms. The average Bonchev–Trinajstić information content (AvgIpc) is 2.29. The lowest BCUT2D eigenvalue weighted by Gasteiger charge is -2.26. The van der Waals surface area contributed by atoms with E-state index in [0.717, 1.165) is 25.9 Å². The minimum Gasteiger partial charge on any atom is -0.399 e. The molecule has 4 heteroatoms. The van der Waals surface area contributed by atoms with Crippen LogP contribution in [0.4, 0.5) is 5.69 Å². The lowest BCUT2D eigenvalue weighted by Crippen LogP contribution is -2.36. The summed E-state index contributed by atoms with van der Waals surface area (Å²) in [6, 6.07) is 3.32. The Morgan fingerprint density at radius 3 is 2.73 bits per heavy atom. The molecule has 1 fully saturated rings. The molecular weight excluding hydrogens is 190 g/mol. The van der Waals surface area contributed by atoms with Gasteiger partial charge in [0.15, 0.2) is 0 Å². The van der Waals surface area contributed by atoms with Crippen LogP contribution < -0.4 is 5.73 Å². The van der Waals surface area contributed by atoms with Gasteiger partial charge in [0.2, 0.25) is 0 Å². The molecule has 80 valence electrons. The molecule has 0 spiro atoms. The van der Waals surface area contributed by atoms with Gasteiger partial charge in [0.1, 0.15) is 5.69 Å². The molecule has 1 amide bonds. The summed E-state index contributed by atoms with van der Waals surface area (Å²) in [6.07, 6.45) is 4.97. The summed E-state index contributed by atoms with van der Waals surface area (Å²) in [6.45, 7) is 1.69. The fourth-order valence-electron chi connectivity index (χ4n) is 1.82. The largest absolute Gasteiger partial charge is 0.399 e. The van der Waals surface area contributed by atoms with E-state index in [1.807, 2.05) is 4.90 Å². The smallest absolute Gasteiger partial charge is 0.272 e. The van der Waals surface area contributed by atoms with Gasteiger partial charge in [-0.05, 0) is 31.4 Å². The molecule has 1 aromatic rings. The van der Waals surface area contributed by atoms with Crippen molar-refractivity contribution in [2.24, 2.45) is 0 Å². The molecule has 0 saturated carbocycles. The predicted octanol–water partition coefficient (Wildman–Crippen LogP) is 1.29. The van der Waals surface area contributed by atoms with Gasteiger partial charge in [0.25, 0.3) is 5.91 Å². The molecular formula is C11H15N3O. The summed E-state index contributed by atoms with van der Waals surface area (Å²) in [5.74, 6) is 0.00185. The van der Waals surface area contributed by atoms with Crippen molar-refractivity contribution >= 4 is 11.6 Å². The highest BCUT2D eigenvalue weighted by Crippen LogP contribution is 2.13. The number of hydrogen-bond acceptors (Lipinski definition) is 3. The molecule has 0 atom stereocenters. The summed E-state index contributed by atoms with van der Waals surface area (Å²) in [5, 5.41) is 0. The normalized spacial score (nSPS) is 16.4. The molecule has 0 aliphatic carbocycles. The number of likely N-dealkylation sites (tertiary alicyclic amines) is 1. The maximum atomic E-state index is 12.0. The van der Waals surface area contributed by atoms with E-state index in [-0.39, 0.29) is 5.91 Å². The number of pyridine rings is 1. The van der Waals surface area contributed by atoms with E-state index in [9.17, 15) is 4.79 Å². The van der Waals surface area contributed by atoms with Gasteiger partial charge in [-0.25, -0.2) is 0 Å². The van der Waals surface area contributed by atoms with Crippen molar-refractivity contribution in [3.05, 3.63) is 24.0 Å². The minimum atomic E-state index is 0.00185. The Kier molecular flexibility index (Phi) is 2.85. The van der Waals surface area contributed by atoms with E-state index >= 15 is 0 Å². The maximum Gasteiger partial charge on any atom is 0.272 e. The Bertz CT molecular complexity index is 359. The molecule has 4 nitrogen and oxygen atoms in total. The van der Waals surface area contributed by atoms with E-state index in [0.29, 0.717) is 11.4 Å². The topological polar surface area (TPSA) is 59.2 Å². The van der Waals surface area contributed by atoms with E-state index in [2.05, 4.69) is 4.98 Å². The second-order valence-corrected chi connectivity index (χ2v) is 3.83. The van der Waals surface area contributed by atoms with Crippen molar-refractivity contribution < 1.29 is 4.79 Å². The fourth-order valence-corrected chi connectivity index (χ4v) is 1.82. The molecule has 1 aliphatic rings. The lowest BCUT2D eigenvalue weighted by molar-refractivity contribution is 0.0718. The van der Waals surface area contributed by atoms with Crippen LogP contribution >= 0.6 is 0 Å². The highest BCUT2D eigenvalue weighted by Gasteiger charge is 2.18. The van der Waals surface area contributed by atoms with Crippen LogP contribution in [-0.2, 0) is 0 Å². The predicted molar refractivity (Wildman–Crippen MR) is 58.4 cm³/mol. The number of nitrogens with two attached hydrogens (primary N) is 1. The first kappa shape index (κ1) is 9.96. The number of rotatable bonds is 1. The zero-order chi connectivity index (χ0) is 10.7. The Morgan fingerprint density at radius 2 is 2.07 bits per heavy atom. The Morgan fingerprint density at radius 1 is 1.33 bits per heavy atom. The fraction of sp³-hybridized carbons (Fsp3) is 0.455. The van der Waals surface area contributed by atoms with Crippen molar-refractivity contribution in [2.75, 3.05) is 18.8 Å². The number of nitrogens with zero attached hydrogens (tertiary/aromatic N) is 2. The van der Waals surface area contributed by atoms with Gasteiger partial charge >= 0.3 is 0 Å². The van der Waals surface area contributed by atoms with Crippen molar-refractivity contribution in [2.45, 2.75) is 19.3 Å². The molecule has 0 radical (unpaired) electrons. The van der Waals surface area contributed by atoms with Gasteiger partial charge < -0.3 is 10.6 Å². The van der Waals surface area contributed by atoms with Crippen molar-refractivity contribution in [1.82, 2.24) is 9.88 Å². The molecule has 2 N–H and O–H groups in total. The standard InChI is InChI=1S/C11H15N3O/c12-9-4-5-13-10(8-9)11(15)14-6-2-1-3-7-14/h4-5,8H,1-3,6-7H2,(H2,12,13). The molecule has 2 rings (SSSR count). The summed E-state index contributed by atoms with van der Waals surface area (Å²) in [7, 11) is 0. The first-order valence-corrected chi connectivity index (χ1v) is 5.28. The number of carbonyl (C=O) groups is 1. The Hall–Kier alpha value is -1.58. The van der Waals surface area contributed by atoms with Crippen LogP contribution in [0.1, 0.15) is 29.8 Å². The minimum absolute atomic E-state index is 0.00185. The molecule has 2 heterocycles. The van der Waals surface area contributed by atoms with Crippen LogP contribution in [0.5, 0.6) is 0 Å². The number of anilines is 1. The van der Waals surface area contributed by atoms with Crippen LogP contribution in [0, 0.1) is 0 Å². The monoisotopic (exact) mass is 205 g/mol. The van der Waals surface area contributed by atoms with Crippen LogP contribution in [-0.4, -0.2) is 28.9 Å². The maximum absolute atomic E-state index is 12.0. The molecule has 1 aliphatic heterocycles. The van der Waals surface area contributed by atoms with Gasteiger partial charge in [-0.15, -0.1) is 0 Å². The lowest BCUT2D eigenvalue weighted by atomic mass is 10.1. The zero-order valence-electron chi connectivity index (χ0n) is 8.65. The van der Waals surface area contributed by atoms with Crippen LogP contribution in [0.15, 0.2) is 18.3 Å². The van der Waals surface area contributed by atoms with E-state index < -0.39 is 0 Å². The summed E-state index contributed by atoms with van der Waals surface area (Å²) in [5.41, 5.74) is 6.66. The third-order valence-electron chi connectivity index (χ3n) is 2.65. The van der Waals surface area contributed by atoms with Crippen LogP contribution in [0.25, 0.3) is 0 Å². The highest BCUT2D eigenvalue weighted by atomic mass is 16.2. The quantitative estimate of drug-likeness (QED) is 0.751. The number of hydrogen-bond donors (Lipinski definition) is 1. The zero-order valence-corrected chi connectivity index (χ0v) is 8.65. The van der Waals surface area contributed by atoms with Gasteiger partial charge in [-0.2, -0.15) is 0 Å².